The summed E-state index contributed by atoms with van der Waals surface area (Å²) in [7, 11) is -1.86. The van der Waals surface area contributed by atoms with Crippen LogP contribution < -0.4 is 4.74 Å². The summed E-state index contributed by atoms with van der Waals surface area (Å²) in [4.78, 5) is 36.1. The zero-order chi connectivity index (χ0) is 31.1. The summed E-state index contributed by atoms with van der Waals surface area (Å²) in [5.74, 6) is 1.79. The smallest absolute Gasteiger partial charge is 0.313 e. The molecule has 43 heavy (non-hydrogen) atoms. The van der Waals surface area contributed by atoms with E-state index in [9.17, 15) is 14.4 Å². The van der Waals surface area contributed by atoms with Crippen LogP contribution in [0.15, 0.2) is 24.3 Å². The second-order valence-corrected chi connectivity index (χ2v) is 19.6. The van der Waals surface area contributed by atoms with Crippen molar-refractivity contribution in [1.29, 1.82) is 0 Å². The fourth-order valence-electron chi connectivity index (χ4n) is 8.15. The number of hydrogen-bond donors (Lipinski definition) is 1. The van der Waals surface area contributed by atoms with Gasteiger partial charge in [0.2, 0.25) is 0 Å². The first kappa shape index (κ1) is 34.2. The maximum atomic E-state index is 13.6. The molecule has 3 aliphatic carbocycles. The van der Waals surface area contributed by atoms with Crippen molar-refractivity contribution in [2.45, 2.75) is 154 Å². The maximum Gasteiger partial charge on any atom is 0.313 e. The molecule has 242 valence electrons. The minimum absolute atomic E-state index is 0.0935. The van der Waals surface area contributed by atoms with E-state index >= 15 is 0 Å². The minimum atomic E-state index is -1.86. The summed E-state index contributed by atoms with van der Waals surface area (Å²) < 4.78 is 12.5. The van der Waals surface area contributed by atoms with E-state index in [1.807, 2.05) is 13.1 Å². The van der Waals surface area contributed by atoms with Gasteiger partial charge in [0.15, 0.2) is 8.32 Å². The van der Waals surface area contributed by atoms with Crippen LogP contribution in [0.1, 0.15) is 129 Å². The van der Waals surface area contributed by atoms with Crippen molar-refractivity contribution in [3.63, 3.8) is 0 Å². The van der Waals surface area contributed by atoms with Crippen molar-refractivity contribution in [1.82, 2.24) is 0 Å². The number of rotatable bonds is 16. The largest absolute Gasteiger partial charge is 0.494 e. The van der Waals surface area contributed by atoms with Crippen LogP contribution in [0.4, 0.5) is 0 Å². The average molecular weight is 613 g/mol. The van der Waals surface area contributed by atoms with Crippen LogP contribution in [-0.4, -0.2) is 37.6 Å². The van der Waals surface area contributed by atoms with E-state index in [1.54, 1.807) is 0 Å². The molecular weight excluding hydrogens is 552 g/mol. The number of Topliss-reactive ketones (excluding diaryl/α,β-unsaturated/α-hetero) is 1. The Morgan fingerprint density at radius 3 is 2.23 bits per heavy atom. The lowest BCUT2D eigenvalue weighted by Gasteiger charge is -2.51. The number of fused-ring (bicyclic) bond motifs is 1. The highest BCUT2D eigenvalue weighted by molar-refractivity contribution is 6.69. The Bertz CT molecular complexity index is 1040. The number of benzene rings is 1. The summed E-state index contributed by atoms with van der Waals surface area (Å²) in [6.07, 6.45) is 16.8. The van der Waals surface area contributed by atoms with Crippen LogP contribution in [0.3, 0.4) is 0 Å². The number of carbonyl (C=O) groups is 2. The third kappa shape index (κ3) is 8.96. The third-order valence-electron chi connectivity index (χ3n) is 11.2. The summed E-state index contributed by atoms with van der Waals surface area (Å²) in [5.41, 5.74) is 0.583. The van der Waals surface area contributed by atoms with E-state index in [0.717, 1.165) is 69.8 Å². The monoisotopic (exact) mass is 612 g/mol. The number of hydrogen-bond acceptors (Lipinski definition) is 5. The minimum Gasteiger partial charge on any atom is -0.494 e. The van der Waals surface area contributed by atoms with Gasteiger partial charge in [-0.3, -0.25) is 9.59 Å². The molecule has 3 aliphatic rings. The normalized spacial score (nSPS) is 27.7. The highest BCUT2D eigenvalue weighted by Crippen LogP contribution is 2.55. The molecule has 0 radical (unpaired) electrons. The van der Waals surface area contributed by atoms with Gasteiger partial charge in [-0.1, -0.05) is 84.3 Å². The van der Waals surface area contributed by atoms with Gasteiger partial charge >= 0.3 is 5.97 Å². The molecule has 5 nitrogen and oxygen atoms in total. The van der Waals surface area contributed by atoms with Gasteiger partial charge in [-0.2, -0.15) is 0 Å². The number of ketones is 1. The first-order valence-electron chi connectivity index (χ1n) is 17.6. The molecule has 1 aromatic carbocycles. The Labute approximate surface area is 263 Å². The number of ether oxygens (including phenoxy) is 2. The Morgan fingerprint density at radius 1 is 0.953 bits per heavy atom. The van der Waals surface area contributed by atoms with Crippen molar-refractivity contribution in [2.75, 3.05) is 6.61 Å². The van der Waals surface area contributed by atoms with E-state index in [2.05, 4.69) is 45.0 Å². The molecular formula is C37H60O5Si. The Kier molecular flexibility index (Phi) is 12.0. The standard InChI is InChI=1S/C37H60O5Si/c1-28-16-21-32(34(27-28)42-35(39)37-23-14-15-33(38)31(37)22-24-37)36(2,3)29-17-19-30(20-18-29)41-25-12-10-8-6-7-9-11-13-26-43(4,5)40/h17-20,28,31-32,34,40H,6-16,21-27H2,1-5H3/t28-,31+,32-,34-,37-/m1/s1. The van der Waals surface area contributed by atoms with Gasteiger partial charge < -0.3 is 14.3 Å². The number of carbonyl (C=O) groups excluding carboxylic acids is 2. The second-order valence-electron chi connectivity index (χ2n) is 15.5. The first-order chi connectivity index (χ1) is 20.4. The number of unbranched alkanes of at least 4 members (excludes halogenated alkanes) is 7. The molecule has 3 saturated carbocycles. The second kappa shape index (κ2) is 15.1. The zero-order valence-electron chi connectivity index (χ0n) is 27.9. The quantitative estimate of drug-likeness (QED) is 0.114. The Balaban J connectivity index is 1.22. The van der Waals surface area contributed by atoms with Crippen LogP contribution in [0.5, 0.6) is 5.75 Å². The summed E-state index contributed by atoms with van der Waals surface area (Å²) in [5, 5.41) is 0. The van der Waals surface area contributed by atoms with Crippen LogP contribution >= 0.6 is 0 Å². The molecule has 0 saturated heterocycles. The molecule has 0 spiro atoms. The van der Waals surface area contributed by atoms with E-state index < -0.39 is 13.7 Å². The van der Waals surface area contributed by atoms with Gasteiger partial charge in [0, 0.05) is 18.3 Å². The van der Waals surface area contributed by atoms with Gasteiger partial charge in [-0.05, 0) is 93.1 Å². The van der Waals surface area contributed by atoms with E-state index in [1.165, 1.54) is 50.5 Å². The van der Waals surface area contributed by atoms with Crippen LogP contribution in [0, 0.1) is 23.2 Å². The van der Waals surface area contributed by atoms with Crippen LogP contribution in [-0.2, 0) is 19.7 Å². The van der Waals surface area contributed by atoms with Gasteiger partial charge in [0.1, 0.15) is 17.6 Å². The molecule has 0 heterocycles. The van der Waals surface area contributed by atoms with Gasteiger partial charge in [-0.25, -0.2) is 0 Å². The van der Waals surface area contributed by atoms with Crippen molar-refractivity contribution < 1.29 is 23.9 Å². The molecule has 0 unspecified atom stereocenters. The Hall–Kier alpha value is -1.66. The van der Waals surface area contributed by atoms with Crippen molar-refractivity contribution >= 4 is 20.1 Å². The predicted molar refractivity (Wildman–Crippen MR) is 177 cm³/mol. The SMILES string of the molecule is C[C@@H]1CC[C@@H](C(C)(C)c2ccc(OCCCCCCCCCC[Si](C)(C)O)cc2)[C@H](OC(=O)[C@@]23CCCC(=O)[C@@H]2CC3)C1. The molecule has 3 fully saturated rings. The van der Waals surface area contributed by atoms with E-state index in [0.29, 0.717) is 12.3 Å². The molecule has 0 aromatic heterocycles. The van der Waals surface area contributed by atoms with Gasteiger partial charge in [0.05, 0.1) is 12.0 Å². The maximum absolute atomic E-state index is 13.6. The third-order valence-corrected chi connectivity index (χ3v) is 12.8. The average Bonchev–Trinajstić information content (AvgIpc) is 2.92. The fourth-order valence-corrected chi connectivity index (χ4v) is 9.26. The lowest BCUT2D eigenvalue weighted by Crippen LogP contribution is -2.55. The highest BCUT2D eigenvalue weighted by Gasteiger charge is 2.58. The molecule has 0 aliphatic heterocycles. The Morgan fingerprint density at radius 2 is 1.60 bits per heavy atom. The number of esters is 1. The topological polar surface area (TPSA) is 72.8 Å². The lowest BCUT2D eigenvalue weighted by molar-refractivity contribution is -0.187. The lowest BCUT2D eigenvalue weighted by atomic mass is 9.53. The molecule has 0 amide bonds. The van der Waals surface area contributed by atoms with Gasteiger partial charge in [-0.15, -0.1) is 0 Å². The first-order valence-corrected chi connectivity index (χ1v) is 20.8. The summed E-state index contributed by atoms with van der Waals surface area (Å²) in [6, 6.07) is 9.64. The van der Waals surface area contributed by atoms with Crippen molar-refractivity contribution in [2.24, 2.45) is 23.2 Å². The van der Waals surface area contributed by atoms with Crippen LogP contribution in [0.25, 0.3) is 0 Å². The fraction of sp³-hybridized carbons (Fsp3) is 0.784. The molecule has 1 aromatic rings. The van der Waals surface area contributed by atoms with Crippen molar-refractivity contribution in [3.05, 3.63) is 29.8 Å². The molecule has 5 atom stereocenters. The molecule has 1 N–H and O–H groups in total. The molecule has 0 bridgehead atoms. The summed E-state index contributed by atoms with van der Waals surface area (Å²) in [6.45, 7) is 11.7. The highest BCUT2D eigenvalue weighted by atomic mass is 28.4. The predicted octanol–water partition coefficient (Wildman–Crippen LogP) is 9.16. The van der Waals surface area contributed by atoms with Gasteiger partial charge in [0.25, 0.3) is 0 Å². The summed E-state index contributed by atoms with van der Waals surface area (Å²) >= 11 is 0. The van der Waals surface area contributed by atoms with E-state index in [4.69, 9.17) is 9.47 Å². The van der Waals surface area contributed by atoms with E-state index in [-0.39, 0.29) is 35.1 Å². The van der Waals surface area contributed by atoms with Crippen molar-refractivity contribution in [3.8, 4) is 5.75 Å². The molecule has 6 heteroatoms. The zero-order valence-corrected chi connectivity index (χ0v) is 28.9. The molecule has 4 rings (SSSR count). The van der Waals surface area contributed by atoms with Crippen LogP contribution in [0.2, 0.25) is 19.1 Å².